The third-order valence-electron chi connectivity index (χ3n) is 4.49. The fourth-order valence-corrected chi connectivity index (χ4v) is 3.08. The molecule has 29 heavy (non-hydrogen) atoms. The summed E-state index contributed by atoms with van der Waals surface area (Å²) in [5, 5.41) is 12.9. The minimum atomic E-state index is 0.531. The molecular formula is C23H18N4O2. The fraction of sp³-hybridized carbons (Fsp3) is 0.0870. The van der Waals surface area contributed by atoms with Gasteiger partial charge in [0, 0.05) is 29.4 Å². The topological polar surface area (TPSA) is 80.1 Å². The number of nitrogens with zero attached hydrogens (tertiary/aromatic N) is 3. The number of rotatable bonds is 5. The zero-order chi connectivity index (χ0) is 20.2. The van der Waals surface area contributed by atoms with Gasteiger partial charge in [0.05, 0.1) is 36.9 Å². The number of benzene rings is 3. The van der Waals surface area contributed by atoms with Crippen molar-refractivity contribution in [2.45, 2.75) is 0 Å². The average Bonchev–Trinajstić information content (AvgIpc) is 2.78. The molecule has 0 saturated carbocycles. The molecule has 0 saturated heterocycles. The van der Waals surface area contributed by atoms with Crippen LogP contribution < -0.4 is 14.8 Å². The van der Waals surface area contributed by atoms with Gasteiger partial charge >= 0.3 is 0 Å². The van der Waals surface area contributed by atoms with E-state index in [-0.39, 0.29) is 0 Å². The molecule has 0 aliphatic rings. The lowest BCUT2D eigenvalue weighted by atomic mass is 10.0. The highest BCUT2D eigenvalue weighted by Gasteiger charge is 2.15. The van der Waals surface area contributed by atoms with Crippen molar-refractivity contribution < 1.29 is 9.47 Å². The molecule has 0 atom stereocenters. The summed E-state index contributed by atoms with van der Waals surface area (Å²) in [6.07, 6.45) is 0. The number of nitriles is 1. The molecule has 0 aliphatic carbocycles. The predicted octanol–water partition coefficient (Wildman–Crippen LogP) is 4.93. The molecule has 0 radical (unpaired) electrons. The van der Waals surface area contributed by atoms with E-state index in [1.165, 1.54) is 0 Å². The Hall–Kier alpha value is -4.11. The van der Waals surface area contributed by atoms with Crippen LogP contribution in [0.15, 0.2) is 66.7 Å². The van der Waals surface area contributed by atoms with Crippen molar-refractivity contribution in [3.05, 3.63) is 72.3 Å². The molecule has 1 heterocycles. The van der Waals surface area contributed by atoms with E-state index >= 15 is 0 Å². The van der Waals surface area contributed by atoms with Crippen molar-refractivity contribution >= 4 is 22.5 Å². The van der Waals surface area contributed by atoms with E-state index in [0.717, 1.165) is 16.7 Å². The Morgan fingerprint density at radius 2 is 1.45 bits per heavy atom. The summed E-state index contributed by atoms with van der Waals surface area (Å²) in [5.41, 5.74) is 4.09. The zero-order valence-corrected chi connectivity index (χ0v) is 16.0. The Morgan fingerprint density at radius 1 is 0.828 bits per heavy atom. The van der Waals surface area contributed by atoms with Crippen molar-refractivity contribution in [1.29, 1.82) is 5.26 Å². The maximum atomic E-state index is 9.56. The second kappa shape index (κ2) is 7.87. The number of methoxy groups -OCH3 is 2. The van der Waals surface area contributed by atoms with E-state index < -0.39 is 0 Å². The van der Waals surface area contributed by atoms with E-state index in [0.29, 0.717) is 34.1 Å². The van der Waals surface area contributed by atoms with E-state index in [4.69, 9.17) is 19.4 Å². The summed E-state index contributed by atoms with van der Waals surface area (Å²) >= 11 is 0. The molecule has 1 N–H and O–H groups in total. The first-order valence-electron chi connectivity index (χ1n) is 8.98. The number of nitrogens with one attached hydrogen (secondary N) is 1. The first-order chi connectivity index (χ1) is 14.2. The standard InChI is InChI=1S/C23H18N4O2/c1-28-17-11-16(12-18(13-17)29-2)25-23-22(19-8-4-3-7-15(19)14-24)26-20-9-5-6-10-21(20)27-23/h3-13H,1-2H3,(H,25,27). The molecule has 0 fully saturated rings. The molecular weight excluding hydrogens is 364 g/mol. The number of aromatic nitrogens is 2. The van der Waals surface area contributed by atoms with Gasteiger partial charge in [0.1, 0.15) is 17.2 Å². The number of para-hydroxylation sites is 2. The van der Waals surface area contributed by atoms with Crippen LogP contribution in [0.5, 0.6) is 11.5 Å². The van der Waals surface area contributed by atoms with Gasteiger partial charge in [-0.3, -0.25) is 0 Å². The molecule has 6 heteroatoms. The molecule has 3 aromatic carbocycles. The van der Waals surface area contributed by atoms with Crippen molar-refractivity contribution in [2.75, 3.05) is 19.5 Å². The van der Waals surface area contributed by atoms with Crippen molar-refractivity contribution in [1.82, 2.24) is 9.97 Å². The smallest absolute Gasteiger partial charge is 0.157 e. The van der Waals surface area contributed by atoms with Crippen molar-refractivity contribution in [2.24, 2.45) is 0 Å². The number of fused-ring (bicyclic) bond motifs is 1. The quantitative estimate of drug-likeness (QED) is 0.527. The lowest BCUT2D eigenvalue weighted by Crippen LogP contribution is -2.02. The molecule has 6 nitrogen and oxygen atoms in total. The SMILES string of the molecule is COc1cc(Nc2nc3ccccc3nc2-c2ccccc2C#N)cc(OC)c1. The summed E-state index contributed by atoms with van der Waals surface area (Å²) in [7, 11) is 3.20. The molecule has 0 spiro atoms. The second-order valence-electron chi connectivity index (χ2n) is 6.29. The molecule has 142 valence electrons. The third kappa shape index (κ3) is 3.66. The lowest BCUT2D eigenvalue weighted by molar-refractivity contribution is 0.395. The molecule has 1 aromatic heterocycles. The van der Waals surface area contributed by atoms with Gasteiger partial charge in [0.2, 0.25) is 0 Å². The summed E-state index contributed by atoms with van der Waals surface area (Å²) in [6.45, 7) is 0. The van der Waals surface area contributed by atoms with Crippen molar-refractivity contribution in [3.8, 4) is 28.8 Å². The number of hydrogen-bond donors (Lipinski definition) is 1. The van der Waals surface area contributed by atoms with Crippen LogP contribution in [-0.2, 0) is 0 Å². The minimum absolute atomic E-state index is 0.531. The van der Waals surface area contributed by atoms with E-state index in [1.54, 1.807) is 26.4 Å². The van der Waals surface area contributed by atoms with Gasteiger partial charge in [-0.15, -0.1) is 0 Å². The summed E-state index contributed by atoms with van der Waals surface area (Å²) in [4.78, 5) is 9.57. The fourth-order valence-electron chi connectivity index (χ4n) is 3.08. The summed E-state index contributed by atoms with van der Waals surface area (Å²) in [6, 6.07) is 22.7. The maximum absolute atomic E-state index is 9.56. The normalized spacial score (nSPS) is 10.4. The van der Waals surface area contributed by atoms with Gasteiger partial charge in [-0.2, -0.15) is 5.26 Å². The van der Waals surface area contributed by atoms with Crippen molar-refractivity contribution in [3.63, 3.8) is 0 Å². The highest BCUT2D eigenvalue weighted by molar-refractivity contribution is 5.86. The first kappa shape index (κ1) is 18.3. The van der Waals surface area contributed by atoms with Crippen LogP contribution in [-0.4, -0.2) is 24.2 Å². The predicted molar refractivity (Wildman–Crippen MR) is 113 cm³/mol. The Labute approximate surface area is 168 Å². The van der Waals surface area contributed by atoms with E-state index in [2.05, 4.69) is 11.4 Å². The minimum Gasteiger partial charge on any atom is -0.497 e. The van der Waals surface area contributed by atoms with Gasteiger partial charge in [0.25, 0.3) is 0 Å². The Morgan fingerprint density at radius 3 is 2.10 bits per heavy atom. The molecule has 4 aromatic rings. The second-order valence-corrected chi connectivity index (χ2v) is 6.29. The van der Waals surface area contributed by atoms with Crippen LogP contribution in [0.25, 0.3) is 22.3 Å². The van der Waals surface area contributed by atoms with Gasteiger partial charge < -0.3 is 14.8 Å². The molecule has 0 aliphatic heterocycles. The number of hydrogen-bond acceptors (Lipinski definition) is 6. The maximum Gasteiger partial charge on any atom is 0.157 e. The largest absolute Gasteiger partial charge is 0.497 e. The number of anilines is 2. The zero-order valence-electron chi connectivity index (χ0n) is 16.0. The van der Waals surface area contributed by atoms with Crippen LogP contribution in [0, 0.1) is 11.3 Å². The Bertz CT molecular complexity index is 1210. The summed E-state index contributed by atoms with van der Waals surface area (Å²) < 4.78 is 10.7. The monoisotopic (exact) mass is 382 g/mol. The van der Waals surface area contributed by atoms with E-state index in [9.17, 15) is 5.26 Å². The van der Waals surface area contributed by atoms with Crippen LogP contribution in [0.1, 0.15) is 5.56 Å². The Kier molecular flexibility index (Phi) is 4.95. The number of ether oxygens (including phenoxy) is 2. The van der Waals surface area contributed by atoms with Crippen LogP contribution in [0.2, 0.25) is 0 Å². The molecule has 0 bridgehead atoms. The summed E-state index contributed by atoms with van der Waals surface area (Å²) in [5.74, 6) is 1.85. The van der Waals surface area contributed by atoms with Crippen LogP contribution >= 0.6 is 0 Å². The Balaban J connectivity index is 1.90. The van der Waals surface area contributed by atoms with Gasteiger partial charge in [-0.25, -0.2) is 9.97 Å². The molecule has 0 amide bonds. The van der Waals surface area contributed by atoms with Gasteiger partial charge in [-0.1, -0.05) is 30.3 Å². The van der Waals surface area contributed by atoms with Crippen LogP contribution in [0.4, 0.5) is 11.5 Å². The highest BCUT2D eigenvalue weighted by atomic mass is 16.5. The highest BCUT2D eigenvalue weighted by Crippen LogP contribution is 2.33. The first-order valence-corrected chi connectivity index (χ1v) is 8.98. The molecule has 0 unspecified atom stereocenters. The van der Waals surface area contributed by atoms with Crippen LogP contribution in [0.3, 0.4) is 0 Å². The lowest BCUT2D eigenvalue weighted by Gasteiger charge is -2.14. The molecule has 4 rings (SSSR count). The average molecular weight is 382 g/mol. The van der Waals surface area contributed by atoms with Gasteiger partial charge in [-0.05, 0) is 18.2 Å². The third-order valence-corrected chi connectivity index (χ3v) is 4.49. The van der Waals surface area contributed by atoms with Gasteiger partial charge in [0.15, 0.2) is 5.82 Å². The van der Waals surface area contributed by atoms with E-state index in [1.807, 2.05) is 54.6 Å².